The van der Waals surface area contributed by atoms with Crippen LogP contribution >= 0.6 is 0 Å². The molecule has 1 N–H and O–H groups in total. The van der Waals surface area contributed by atoms with E-state index in [4.69, 9.17) is 0 Å². The molecule has 0 atom stereocenters. The van der Waals surface area contributed by atoms with E-state index in [1.54, 1.807) is 6.92 Å². The van der Waals surface area contributed by atoms with E-state index in [2.05, 4.69) is 45.4 Å². The molecule has 1 aromatic carbocycles. The van der Waals surface area contributed by atoms with Crippen molar-refractivity contribution in [1.82, 2.24) is 15.1 Å². The molecule has 0 bridgehead atoms. The summed E-state index contributed by atoms with van der Waals surface area (Å²) in [4.78, 5) is 15.8. The summed E-state index contributed by atoms with van der Waals surface area (Å²) in [6, 6.07) is 10.7. The third-order valence-corrected chi connectivity index (χ3v) is 3.83. The molecule has 20 heavy (non-hydrogen) atoms. The van der Waals surface area contributed by atoms with Crippen molar-refractivity contribution in [2.75, 3.05) is 45.8 Å². The highest BCUT2D eigenvalue weighted by Crippen LogP contribution is 2.05. The molecule has 1 aromatic rings. The lowest BCUT2D eigenvalue weighted by Gasteiger charge is -2.34. The standard InChI is InChI=1S/C16H25N3O/c1-15(20)17-8-10-19-13-11-18(12-14-19)9-7-16-5-3-2-4-6-16/h2-6H,7-14H2,1H3,(H,17,20). The molecule has 1 heterocycles. The van der Waals surface area contributed by atoms with Gasteiger partial charge in [0.15, 0.2) is 0 Å². The number of hydrogen-bond donors (Lipinski definition) is 1. The first-order chi connectivity index (χ1) is 9.74. The smallest absolute Gasteiger partial charge is 0.216 e. The summed E-state index contributed by atoms with van der Waals surface area (Å²) in [5.41, 5.74) is 1.42. The van der Waals surface area contributed by atoms with Gasteiger partial charge in [-0.1, -0.05) is 30.3 Å². The van der Waals surface area contributed by atoms with Gasteiger partial charge >= 0.3 is 0 Å². The van der Waals surface area contributed by atoms with Gasteiger partial charge in [-0.15, -0.1) is 0 Å². The van der Waals surface area contributed by atoms with Gasteiger partial charge in [0.2, 0.25) is 5.91 Å². The number of hydrogen-bond acceptors (Lipinski definition) is 3. The maximum Gasteiger partial charge on any atom is 0.216 e. The molecule has 1 amide bonds. The molecular weight excluding hydrogens is 250 g/mol. The van der Waals surface area contributed by atoms with Gasteiger partial charge in [0.1, 0.15) is 0 Å². The zero-order valence-corrected chi connectivity index (χ0v) is 12.3. The lowest BCUT2D eigenvalue weighted by molar-refractivity contribution is -0.119. The maximum atomic E-state index is 10.8. The van der Waals surface area contributed by atoms with Crippen LogP contribution in [-0.4, -0.2) is 61.5 Å². The topological polar surface area (TPSA) is 35.6 Å². The number of piperazine rings is 1. The Balaban J connectivity index is 1.61. The molecule has 4 nitrogen and oxygen atoms in total. The molecule has 0 aliphatic carbocycles. The fourth-order valence-corrected chi connectivity index (χ4v) is 2.56. The third kappa shape index (κ3) is 5.31. The van der Waals surface area contributed by atoms with Gasteiger partial charge in [-0.3, -0.25) is 9.69 Å². The van der Waals surface area contributed by atoms with Gasteiger partial charge in [0.05, 0.1) is 0 Å². The number of nitrogens with zero attached hydrogens (tertiary/aromatic N) is 2. The molecule has 0 unspecified atom stereocenters. The van der Waals surface area contributed by atoms with Crippen LogP contribution in [0.2, 0.25) is 0 Å². The summed E-state index contributed by atoms with van der Waals surface area (Å²) < 4.78 is 0. The van der Waals surface area contributed by atoms with E-state index in [1.165, 1.54) is 5.56 Å². The average molecular weight is 275 g/mol. The highest BCUT2D eigenvalue weighted by Gasteiger charge is 2.15. The lowest BCUT2D eigenvalue weighted by atomic mass is 10.1. The Hall–Kier alpha value is -1.39. The van der Waals surface area contributed by atoms with Crippen LogP contribution in [0, 0.1) is 0 Å². The minimum Gasteiger partial charge on any atom is -0.355 e. The van der Waals surface area contributed by atoms with Crippen molar-refractivity contribution in [3.8, 4) is 0 Å². The number of nitrogens with one attached hydrogen (secondary N) is 1. The SMILES string of the molecule is CC(=O)NCCN1CCN(CCc2ccccc2)CC1. The Kier molecular flexibility index (Phi) is 6.02. The second kappa shape index (κ2) is 8.02. The Labute approximate surface area is 121 Å². The third-order valence-electron chi connectivity index (χ3n) is 3.83. The van der Waals surface area contributed by atoms with E-state index in [0.717, 1.165) is 52.2 Å². The van der Waals surface area contributed by atoms with Crippen LogP contribution in [0.1, 0.15) is 12.5 Å². The van der Waals surface area contributed by atoms with Gasteiger partial charge in [0.25, 0.3) is 0 Å². The van der Waals surface area contributed by atoms with Crippen LogP contribution in [-0.2, 0) is 11.2 Å². The summed E-state index contributed by atoms with van der Waals surface area (Å²) in [7, 11) is 0. The van der Waals surface area contributed by atoms with Crippen molar-refractivity contribution in [1.29, 1.82) is 0 Å². The fourth-order valence-electron chi connectivity index (χ4n) is 2.56. The molecule has 1 fully saturated rings. The number of carbonyl (C=O) groups excluding carboxylic acids is 1. The highest BCUT2D eigenvalue weighted by atomic mass is 16.1. The van der Waals surface area contributed by atoms with Crippen LogP contribution < -0.4 is 5.32 Å². The van der Waals surface area contributed by atoms with Crippen molar-refractivity contribution in [2.45, 2.75) is 13.3 Å². The van der Waals surface area contributed by atoms with Gasteiger partial charge in [-0.05, 0) is 12.0 Å². The van der Waals surface area contributed by atoms with Crippen LogP contribution in [0.25, 0.3) is 0 Å². The quantitative estimate of drug-likeness (QED) is 0.841. The van der Waals surface area contributed by atoms with Crippen LogP contribution in [0.3, 0.4) is 0 Å². The largest absolute Gasteiger partial charge is 0.355 e. The maximum absolute atomic E-state index is 10.8. The summed E-state index contributed by atoms with van der Waals surface area (Å²) in [5.74, 6) is 0.0616. The summed E-state index contributed by atoms with van der Waals surface area (Å²) >= 11 is 0. The van der Waals surface area contributed by atoms with E-state index in [9.17, 15) is 4.79 Å². The van der Waals surface area contributed by atoms with E-state index >= 15 is 0 Å². The molecular formula is C16H25N3O. The highest BCUT2D eigenvalue weighted by molar-refractivity contribution is 5.72. The van der Waals surface area contributed by atoms with E-state index in [0.29, 0.717) is 0 Å². The van der Waals surface area contributed by atoms with Gasteiger partial charge in [-0.25, -0.2) is 0 Å². The first kappa shape index (κ1) is 15.0. The molecule has 2 rings (SSSR count). The molecule has 4 heteroatoms. The Morgan fingerprint density at radius 3 is 2.25 bits per heavy atom. The molecule has 0 saturated carbocycles. The van der Waals surface area contributed by atoms with E-state index < -0.39 is 0 Å². The van der Waals surface area contributed by atoms with Crippen LogP contribution in [0.15, 0.2) is 30.3 Å². The Morgan fingerprint density at radius 2 is 1.65 bits per heavy atom. The number of amides is 1. The van der Waals surface area contributed by atoms with E-state index in [1.807, 2.05) is 0 Å². The normalized spacial score (nSPS) is 17.1. The molecule has 1 aliphatic rings. The minimum absolute atomic E-state index is 0.0616. The fraction of sp³-hybridized carbons (Fsp3) is 0.562. The predicted octanol–water partition coefficient (Wildman–Crippen LogP) is 0.983. The first-order valence-electron chi connectivity index (χ1n) is 7.47. The number of benzene rings is 1. The van der Waals surface area contributed by atoms with Crippen molar-refractivity contribution in [3.05, 3.63) is 35.9 Å². The van der Waals surface area contributed by atoms with Gasteiger partial charge < -0.3 is 10.2 Å². The molecule has 110 valence electrons. The number of carbonyl (C=O) groups is 1. The first-order valence-corrected chi connectivity index (χ1v) is 7.47. The molecule has 1 saturated heterocycles. The molecule has 0 radical (unpaired) electrons. The Morgan fingerprint density at radius 1 is 1.05 bits per heavy atom. The van der Waals surface area contributed by atoms with Crippen LogP contribution in [0.4, 0.5) is 0 Å². The molecule has 1 aliphatic heterocycles. The zero-order valence-electron chi connectivity index (χ0n) is 12.3. The summed E-state index contributed by atoms with van der Waals surface area (Å²) in [6.45, 7) is 8.92. The average Bonchev–Trinajstić information content (AvgIpc) is 2.47. The van der Waals surface area contributed by atoms with Crippen molar-refractivity contribution in [2.24, 2.45) is 0 Å². The van der Waals surface area contributed by atoms with Gasteiger partial charge in [0, 0.05) is 52.7 Å². The van der Waals surface area contributed by atoms with Crippen molar-refractivity contribution >= 4 is 5.91 Å². The molecule has 0 aromatic heterocycles. The number of rotatable bonds is 6. The van der Waals surface area contributed by atoms with Crippen molar-refractivity contribution < 1.29 is 4.79 Å². The van der Waals surface area contributed by atoms with E-state index in [-0.39, 0.29) is 5.91 Å². The van der Waals surface area contributed by atoms with Crippen LogP contribution in [0.5, 0.6) is 0 Å². The predicted molar refractivity (Wildman–Crippen MR) is 81.7 cm³/mol. The Bertz CT molecular complexity index is 399. The van der Waals surface area contributed by atoms with Crippen molar-refractivity contribution in [3.63, 3.8) is 0 Å². The lowest BCUT2D eigenvalue weighted by Crippen LogP contribution is -2.48. The monoisotopic (exact) mass is 275 g/mol. The summed E-state index contributed by atoms with van der Waals surface area (Å²) in [5, 5.41) is 2.86. The second-order valence-electron chi connectivity index (χ2n) is 5.40. The summed E-state index contributed by atoms with van der Waals surface area (Å²) in [6.07, 6.45) is 1.13. The van der Waals surface area contributed by atoms with Gasteiger partial charge in [-0.2, -0.15) is 0 Å². The zero-order chi connectivity index (χ0) is 14.2. The second-order valence-corrected chi connectivity index (χ2v) is 5.40. The minimum atomic E-state index is 0.0616. The molecule has 0 spiro atoms.